The molecule has 0 saturated carbocycles. The Bertz CT molecular complexity index is 600. The second kappa shape index (κ2) is 6.17. The van der Waals surface area contributed by atoms with Gasteiger partial charge in [0.1, 0.15) is 30.3 Å². The molecule has 7 heteroatoms. The van der Waals surface area contributed by atoms with Crippen LogP contribution < -0.4 is 4.74 Å². The molecule has 21 heavy (non-hydrogen) atoms. The number of hydrogen-bond acceptors (Lipinski definition) is 5. The molecule has 110 valence electrons. The van der Waals surface area contributed by atoms with Crippen molar-refractivity contribution in [3.63, 3.8) is 0 Å². The molecule has 0 bridgehead atoms. The van der Waals surface area contributed by atoms with Gasteiger partial charge in [-0.05, 0) is 17.7 Å². The van der Waals surface area contributed by atoms with Crippen molar-refractivity contribution >= 4 is 17.7 Å². The number of thioether (sulfide) groups is 1. The smallest absolute Gasteiger partial charge is 0.245 e. The van der Waals surface area contributed by atoms with E-state index >= 15 is 0 Å². The van der Waals surface area contributed by atoms with Gasteiger partial charge in [0.05, 0.1) is 7.11 Å². The first-order valence-corrected chi connectivity index (χ1v) is 7.70. The second-order valence-electron chi connectivity index (χ2n) is 4.68. The molecule has 2 heterocycles. The minimum Gasteiger partial charge on any atom is -0.497 e. The molecule has 1 fully saturated rings. The zero-order valence-corrected chi connectivity index (χ0v) is 12.5. The third-order valence-corrected chi connectivity index (χ3v) is 4.64. The molecular formula is C14H16N4O2S. The fraction of sp³-hybridized carbons (Fsp3) is 0.357. The van der Waals surface area contributed by atoms with Crippen LogP contribution in [0.4, 0.5) is 0 Å². The highest BCUT2D eigenvalue weighted by atomic mass is 32.2. The van der Waals surface area contributed by atoms with Crippen LogP contribution in [-0.4, -0.2) is 45.0 Å². The highest BCUT2D eigenvalue weighted by molar-refractivity contribution is 7.99. The van der Waals surface area contributed by atoms with Gasteiger partial charge >= 0.3 is 0 Å². The van der Waals surface area contributed by atoms with Gasteiger partial charge in [0, 0.05) is 12.3 Å². The van der Waals surface area contributed by atoms with Crippen molar-refractivity contribution in [1.29, 1.82) is 0 Å². The van der Waals surface area contributed by atoms with Crippen molar-refractivity contribution in [3.8, 4) is 5.75 Å². The van der Waals surface area contributed by atoms with Gasteiger partial charge in [-0.2, -0.15) is 5.10 Å². The van der Waals surface area contributed by atoms with Gasteiger partial charge in [0.25, 0.3) is 0 Å². The largest absolute Gasteiger partial charge is 0.497 e. The summed E-state index contributed by atoms with van der Waals surface area (Å²) in [7, 11) is 1.65. The molecule has 3 rings (SSSR count). The first-order valence-electron chi connectivity index (χ1n) is 6.65. The van der Waals surface area contributed by atoms with Gasteiger partial charge in [0.15, 0.2) is 0 Å². The van der Waals surface area contributed by atoms with E-state index in [0.29, 0.717) is 0 Å². The molecule has 1 amide bonds. The number of methoxy groups -OCH3 is 1. The monoisotopic (exact) mass is 304 g/mol. The number of nitrogens with zero attached hydrogens (tertiary/aromatic N) is 4. The van der Waals surface area contributed by atoms with Crippen LogP contribution in [0, 0.1) is 0 Å². The minimum atomic E-state index is 0.0614. The van der Waals surface area contributed by atoms with Crippen LogP contribution in [0.15, 0.2) is 36.9 Å². The van der Waals surface area contributed by atoms with Gasteiger partial charge in [-0.3, -0.25) is 4.79 Å². The van der Waals surface area contributed by atoms with E-state index in [4.69, 9.17) is 4.74 Å². The molecule has 0 N–H and O–H groups in total. The summed E-state index contributed by atoms with van der Waals surface area (Å²) < 4.78 is 6.72. The van der Waals surface area contributed by atoms with Crippen LogP contribution in [0.5, 0.6) is 5.75 Å². The van der Waals surface area contributed by atoms with E-state index in [1.54, 1.807) is 29.9 Å². The number of carbonyl (C=O) groups is 1. The van der Waals surface area contributed by atoms with Gasteiger partial charge in [-0.25, -0.2) is 9.67 Å². The van der Waals surface area contributed by atoms with Crippen LogP contribution in [0.2, 0.25) is 0 Å². The summed E-state index contributed by atoms with van der Waals surface area (Å²) in [5.74, 6) is 1.83. The number of rotatable bonds is 4. The SMILES string of the molecule is COc1ccc(C2SCCN2C(=O)Cn2cncn2)cc1. The fourth-order valence-corrected chi connectivity index (χ4v) is 3.59. The summed E-state index contributed by atoms with van der Waals surface area (Å²) in [5.41, 5.74) is 1.12. The number of benzene rings is 1. The van der Waals surface area contributed by atoms with Crippen molar-refractivity contribution in [2.45, 2.75) is 11.9 Å². The Labute approximate surface area is 127 Å². The van der Waals surface area contributed by atoms with E-state index in [-0.39, 0.29) is 17.8 Å². The van der Waals surface area contributed by atoms with Crippen molar-refractivity contribution in [2.75, 3.05) is 19.4 Å². The molecule has 1 aliphatic heterocycles. The van der Waals surface area contributed by atoms with E-state index in [0.717, 1.165) is 23.6 Å². The van der Waals surface area contributed by atoms with Crippen molar-refractivity contribution in [2.24, 2.45) is 0 Å². The molecule has 0 spiro atoms. The lowest BCUT2D eigenvalue weighted by molar-refractivity contribution is -0.132. The predicted octanol–water partition coefficient (Wildman–Crippen LogP) is 1.56. The lowest BCUT2D eigenvalue weighted by Gasteiger charge is -2.24. The van der Waals surface area contributed by atoms with Crippen LogP contribution >= 0.6 is 11.8 Å². The first kappa shape index (κ1) is 13.9. The van der Waals surface area contributed by atoms with E-state index in [9.17, 15) is 4.79 Å². The Morgan fingerprint density at radius 3 is 2.90 bits per heavy atom. The molecule has 6 nitrogen and oxygen atoms in total. The Kier molecular flexibility index (Phi) is 4.10. The standard InChI is InChI=1S/C14H16N4O2S/c1-20-12-4-2-11(3-5-12)14-18(6-7-21-14)13(19)8-17-10-15-9-16-17/h2-5,9-10,14H,6-8H2,1H3. The van der Waals surface area contributed by atoms with Gasteiger partial charge in [-0.1, -0.05) is 12.1 Å². The molecule has 1 atom stereocenters. The summed E-state index contributed by atoms with van der Waals surface area (Å²) in [6.07, 6.45) is 3.00. The number of amides is 1. The third kappa shape index (κ3) is 3.02. The third-order valence-electron chi connectivity index (χ3n) is 3.38. The van der Waals surface area contributed by atoms with Crippen LogP contribution in [0.1, 0.15) is 10.9 Å². The molecule has 1 aromatic carbocycles. The highest BCUT2D eigenvalue weighted by Crippen LogP contribution is 2.38. The Hall–Kier alpha value is -2.02. The van der Waals surface area contributed by atoms with Gasteiger partial charge in [0.2, 0.25) is 5.91 Å². The van der Waals surface area contributed by atoms with E-state index < -0.39 is 0 Å². The molecule has 1 unspecified atom stereocenters. The normalized spacial score (nSPS) is 18.0. The lowest BCUT2D eigenvalue weighted by Crippen LogP contribution is -2.33. The highest BCUT2D eigenvalue weighted by Gasteiger charge is 2.30. The maximum atomic E-state index is 12.4. The van der Waals surface area contributed by atoms with Crippen molar-refractivity contribution < 1.29 is 9.53 Å². The molecule has 0 aliphatic carbocycles. The average molecular weight is 304 g/mol. The van der Waals surface area contributed by atoms with Crippen molar-refractivity contribution in [3.05, 3.63) is 42.5 Å². The number of carbonyl (C=O) groups excluding carboxylic acids is 1. The first-order chi connectivity index (χ1) is 10.3. The van der Waals surface area contributed by atoms with E-state index in [1.807, 2.05) is 29.2 Å². The Morgan fingerprint density at radius 2 is 2.24 bits per heavy atom. The number of aromatic nitrogens is 3. The Balaban J connectivity index is 1.73. The molecule has 2 aromatic rings. The van der Waals surface area contributed by atoms with Crippen LogP contribution in [0.25, 0.3) is 0 Å². The van der Waals surface area contributed by atoms with Crippen molar-refractivity contribution in [1.82, 2.24) is 19.7 Å². The summed E-state index contributed by atoms with van der Waals surface area (Å²) in [6.45, 7) is 0.988. The van der Waals surface area contributed by atoms with E-state index in [2.05, 4.69) is 10.1 Å². The number of ether oxygens (including phenoxy) is 1. The maximum Gasteiger partial charge on any atom is 0.245 e. The quantitative estimate of drug-likeness (QED) is 0.858. The minimum absolute atomic E-state index is 0.0614. The average Bonchev–Trinajstić information content (AvgIpc) is 3.18. The summed E-state index contributed by atoms with van der Waals surface area (Å²) in [6, 6.07) is 7.87. The van der Waals surface area contributed by atoms with Crippen LogP contribution in [-0.2, 0) is 11.3 Å². The molecular weight excluding hydrogens is 288 g/mol. The van der Waals surface area contributed by atoms with E-state index in [1.165, 1.54) is 6.33 Å². The lowest BCUT2D eigenvalue weighted by atomic mass is 10.2. The molecule has 1 aliphatic rings. The topological polar surface area (TPSA) is 60.2 Å². The second-order valence-corrected chi connectivity index (χ2v) is 5.86. The van der Waals surface area contributed by atoms with Crippen LogP contribution in [0.3, 0.4) is 0 Å². The molecule has 1 saturated heterocycles. The summed E-state index contributed by atoms with van der Waals surface area (Å²) >= 11 is 1.78. The molecule has 1 aromatic heterocycles. The predicted molar refractivity (Wildman–Crippen MR) is 79.9 cm³/mol. The molecule has 0 radical (unpaired) electrons. The van der Waals surface area contributed by atoms with Gasteiger partial charge < -0.3 is 9.64 Å². The zero-order valence-electron chi connectivity index (χ0n) is 11.7. The Morgan fingerprint density at radius 1 is 1.43 bits per heavy atom. The number of hydrogen-bond donors (Lipinski definition) is 0. The summed E-state index contributed by atoms with van der Waals surface area (Å²) in [5, 5.41) is 4.04. The van der Waals surface area contributed by atoms with Gasteiger partial charge in [-0.15, -0.1) is 11.8 Å². The fourth-order valence-electron chi connectivity index (χ4n) is 2.31. The maximum absolute atomic E-state index is 12.4. The zero-order chi connectivity index (χ0) is 14.7. The summed E-state index contributed by atoms with van der Waals surface area (Å²) in [4.78, 5) is 18.2.